The molecule has 0 N–H and O–H groups in total. The van der Waals surface area contributed by atoms with Crippen molar-refractivity contribution in [1.82, 2.24) is 0 Å². The van der Waals surface area contributed by atoms with Crippen LogP contribution < -0.4 is 0 Å². The molecule has 0 aliphatic heterocycles. The van der Waals surface area contributed by atoms with Crippen molar-refractivity contribution in [2.75, 3.05) is 0 Å². The van der Waals surface area contributed by atoms with Crippen molar-refractivity contribution >= 4 is 27.5 Å². The van der Waals surface area contributed by atoms with E-state index < -0.39 is 0 Å². The summed E-state index contributed by atoms with van der Waals surface area (Å²) in [4.78, 5) is 0. The highest BCUT2D eigenvalue weighted by molar-refractivity contribution is 9.10. The van der Waals surface area contributed by atoms with Crippen LogP contribution in [0.3, 0.4) is 0 Å². The van der Waals surface area contributed by atoms with E-state index in [1.54, 1.807) is 12.1 Å². The average Bonchev–Trinajstić information content (AvgIpc) is 2.30. The Morgan fingerprint density at radius 1 is 1.06 bits per heavy atom. The van der Waals surface area contributed by atoms with Crippen LogP contribution in [0.15, 0.2) is 46.9 Å². The lowest BCUT2D eigenvalue weighted by atomic mass is 10.0. The van der Waals surface area contributed by atoms with Crippen LogP contribution in [0.25, 0.3) is 11.1 Å². The predicted octanol–water partition coefficient (Wildman–Crippen LogP) is 4.64. The highest BCUT2D eigenvalue weighted by Gasteiger charge is 2.07. The van der Waals surface area contributed by atoms with Crippen molar-refractivity contribution in [2.45, 2.75) is 0 Å². The van der Waals surface area contributed by atoms with Gasteiger partial charge in [-0.2, -0.15) is 5.26 Å². The van der Waals surface area contributed by atoms with Gasteiger partial charge < -0.3 is 0 Å². The second-order valence-corrected chi connectivity index (χ2v) is 4.55. The number of benzene rings is 2. The van der Waals surface area contributed by atoms with Crippen LogP contribution in [-0.2, 0) is 0 Å². The van der Waals surface area contributed by atoms with E-state index in [1.165, 1.54) is 0 Å². The highest BCUT2D eigenvalue weighted by Crippen LogP contribution is 2.33. The Morgan fingerprint density at radius 3 is 2.44 bits per heavy atom. The smallest absolute Gasteiger partial charge is 0.0992 e. The molecule has 0 heterocycles. The number of hydrogen-bond donors (Lipinski definition) is 0. The Bertz CT molecular complexity index is 572. The van der Waals surface area contributed by atoms with Gasteiger partial charge in [0.05, 0.1) is 11.6 Å². The van der Waals surface area contributed by atoms with Gasteiger partial charge >= 0.3 is 0 Å². The van der Waals surface area contributed by atoms with Crippen molar-refractivity contribution in [3.63, 3.8) is 0 Å². The Balaban J connectivity index is 2.58. The maximum Gasteiger partial charge on any atom is 0.0992 e. The number of nitriles is 1. The molecule has 2 aromatic rings. The SMILES string of the molecule is N#Cc1ccc(-c2ccccc2Cl)c(Br)c1. The van der Waals surface area contributed by atoms with Gasteiger partial charge in [-0.15, -0.1) is 0 Å². The molecule has 0 spiro atoms. The van der Waals surface area contributed by atoms with Gasteiger partial charge in [-0.1, -0.05) is 51.8 Å². The molecule has 0 bridgehead atoms. The van der Waals surface area contributed by atoms with Crippen LogP contribution in [0.5, 0.6) is 0 Å². The van der Waals surface area contributed by atoms with Gasteiger partial charge in [0, 0.05) is 15.1 Å². The van der Waals surface area contributed by atoms with E-state index in [2.05, 4.69) is 22.0 Å². The van der Waals surface area contributed by atoms with Crippen molar-refractivity contribution in [3.05, 3.63) is 57.5 Å². The van der Waals surface area contributed by atoms with Crippen LogP contribution >= 0.6 is 27.5 Å². The van der Waals surface area contributed by atoms with E-state index in [4.69, 9.17) is 16.9 Å². The van der Waals surface area contributed by atoms with E-state index in [-0.39, 0.29) is 0 Å². The van der Waals surface area contributed by atoms with Crippen molar-refractivity contribution < 1.29 is 0 Å². The molecule has 0 aromatic heterocycles. The van der Waals surface area contributed by atoms with Gasteiger partial charge in [0.25, 0.3) is 0 Å². The Labute approximate surface area is 107 Å². The zero-order valence-corrected chi connectivity index (χ0v) is 10.6. The minimum absolute atomic E-state index is 0.627. The van der Waals surface area contributed by atoms with Crippen LogP contribution in [0.4, 0.5) is 0 Å². The fourth-order valence-electron chi connectivity index (χ4n) is 1.48. The van der Waals surface area contributed by atoms with E-state index >= 15 is 0 Å². The van der Waals surface area contributed by atoms with Gasteiger partial charge in [-0.05, 0) is 23.8 Å². The largest absolute Gasteiger partial charge is 0.192 e. The van der Waals surface area contributed by atoms with E-state index in [1.807, 2.05) is 30.3 Å². The van der Waals surface area contributed by atoms with Gasteiger partial charge in [-0.3, -0.25) is 0 Å². The molecule has 0 unspecified atom stereocenters. The van der Waals surface area contributed by atoms with Crippen LogP contribution in [0, 0.1) is 11.3 Å². The maximum atomic E-state index is 8.78. The summed E-state index contributed by atoms with van der Waals surface area (Å²) >= 11 is 9.57. The zero-order valence-electron chi connectivity index (χ0n) is 8.24. The fourth-order valence-corrected chi connectivity index (χ4v) is 2.31. The molecule has 0 fully saturated rings. The molecule has 3 heteroatoms. The summed E-state index contributed by atoms with van der Waals surface area (Å²) in [5.41, 5.74) is 2.58. The molecule has 2 aromatic carbocycles. The minimum Gasteiger partial charge on any atom is -0.192 e. The molecule has 0 radical (unpaired) electrons. The number of rotatable bonds is 1. The molecule has 0 amide bonds. The lowest BCUT2D eigenvalue weighted by molar-refractivity contribution is 1.47. The quantitative estimate of drug-likeness (QED) is 0.751. The van der Waals surface area contributed by atoms with E-state index in [0.717, 1.165) is 15.6 Å². The summed E-state index contributed by atoms with van der Waals surface area (Å²) in [6, 6.07) is 15.2. The molecule has 0 aliphatic carbocycles. The molecular formula is C13H7BrClN. The van der Waals surface area contributed by atoms with Crippen LogP contribution in [0.1, 0.15) is 5.56 Å². The first-order valence-electron chi connectivity index (χ1n) is 4.67. The summed E-state index contributed by atoms with van der Waals surface area (Å²) in [6.45, 7) is 0. The first-order chi connectivity index (χ1) is 7.72. The number of nitrogens with zero attached hydrogens (tertiary/aromatic N) is 1. The Hall–Kier alpha value is -1.30. The minimum atomic E-state index is 0.627. The zero-order chi connectivity index (χ0) is 11.5. The van der Waals surface area contributed by atoms with Gasteiger partial charge in [-0.25, -0.2) is 0 Å². The lowest BCUT2D eigenvalue weighted by Crippen LogP contribution is -1.83. The molecule has 2 rings (SSSR count). The van der Waals surface area contributed by atoms with Gasteiger partial charge in [0.2, 0.25) is 0 Å². The first-order valence-corrected chi connectivity index (χ1v) is 5.84. The third kappa shape index (κ3) is 2.11. The fraction of sp³-hybridized carbons (Fsp3) is 0. The first kappa shape index (κ1) is 11.2. The normalized spacial score (nSPS) is 9.81. The van der Waals surface area contributed by atoms with Crippen LogP contribution in [0.2, 0.25) is 5.02 Å². The van der Waals surface area contributed by atoms with E-state index in [0.29, 0.717) is 10.6 Å². The molecule has 1 nitrogen and oxygen atoms in total. The third-order valence-corrected chi connectivity index (χ3v) is 3.25. The predicted molar refractivity (Wildman–Crippen MR) is 69.3 cm³/mol. The monoisotopic (exact) mass is 291 g/mol. The highest BCUT2D eigenvalue weighted by atomic mass is 79.9. The molecular weight excluding hydrogens is 286 g/mol. The summed E-state index contributed by atoms with van der Waals surface area (Å²) in [5, 5.41) is 9.48. The standard InChI is InChI=1S/C13H7BrClN/c14-12-7-9(8-16)5-6-10(12)11-3-1-2-4-13(11)15/h1-7H. The molecule has 0 atom stereocenters. The summed E-state index contributed by atoms with van der Waals surface area (Å²) < 4.78 is 0.875. The lowest BCUT2D eigenvalue weighted by Gasteiger charge is -2.06. The summed E-state index contributed by atoms with van der Waals surface area (Å²) in [6.07, 6.45) is 0. The Morgan fingerprint density at radius 2 is 1.81 bits per heavy atom. The van der Waals surface area contributed by atoms with E-state index in [9.17, 15) is 0 Å². The molecule has 78 valence electrons. The second kappa shape index (κ2) is 4.69. The molecule has 0 saturated carbocycles. The van der Waals surface area contributed by atoms with Crippen molar-refractivity contribution in [2.24, 2.45) is 0 Å². The topological polar surface area (TPSA) is 23.8 Å². The molecule has 0 aliphatic rings. The van der Waals surface area contributed by atoms with Gasteiger partial charge in [0.15, 0.2) is 0 Å². The maximum absolute atomic E-state index is 8.78. The molecule has 16 heavy (non-hydrogen) atoms. The second-order valence-electron chi connectivity index (χ2n) is 3.29. The summed E-state index contributed by atoms with van der Waals surface area (Å²) in [7, 11) is 0. The van der Waals surface area contributed by atoms with Gasteiger partial charge in [0.1, 0.15) is 0 Å². The number of halogens is 2. The Kier molecular flexibility index (Phi) is 3.28. The average molecular weight is 293 g/mol. The van der Waals surface area contributed by atoms with Crippen molar-refractivity contribution in [3.8, 4) is 17.2 Å². The number of hydrogen-bond acceptors (Lipinski definition) is 1. The third-order valence-electron chi connectivity index (χ3n) is 2.26. The van der Waals surface area contributed by atoms with Crippen molar-refractivity contribution in [1.29, 1.82) is 5.26 Å². The molecule has 0 saturated heterocycles. The summed E-state index contributed by atoms with van der Waals surface area (Å²) in [5.74, 6) is 0. The van der Waals surface area contributed by atoms with Crippen LogP contribution in [-0.4, -0.2) is 0 Å².